The van der Waals surface area contributed by atoms with Gasteiger partial charge in [0.05, 0.1) is 6.61 Å². The molecule has 1 rings (SSSR count). The van der Waals surface area contributed by atoms with Crippen LogP contribution in [0.15, 0.2) is 41.5 Å². The van der Waals surface area contributed by atoms with E-state index in [1.54, 1.807) is 0 Å². The van der Waals surface area contributed by atoms with Gasteiger partial charge in [0.2, 0.25) is 0 Å². The van der Waals surface area contributed by atoms with Crippen molar-refractivity contribution in [1.29, 1.82) is 0 Å². The molecular weight excluding hydrogens is 212 g/mol. The molecule has 0 aromatic heterocycles. The Morgan fingerprint density at radius 2 is 1.82 bits per heavy atom. The summed E-state index contributed by atoms with van der Waals surface area (Å²) in [7, 11) is 0. The Morgan fingerprint density at radius 3 is 2.35 bits per heavy atom. The van der Waals surface area contributed by atoms with E-state index in [1.807, 2.05) is 32.0 Å². The molecule has 0 atom stereocenters. The molecule has 0 aliphatic rings. The predicted molar refractivity (Wildman–Crippen MR) is 69.8 cm³/mol. The van der Waals surface area contributed by atoms with E-state index in [0.29, 0.717) is 6.61 Å². The molecule has 0 aliphatic carbocycles. The van der Waals surface area contributed by atoms with E-state index in [2.05, 4.69) is 19.1 Å². The number of ether oxygens (including phenoxy) is 1. The molecule has 1 aromatic carbocycles. The van der Waals surface area contributed by atoms with Crippen LogP contribution < -0.4 is 0 Å². The smallest absolute Gasteiger partial charge is 0.333 e. The molecule has 0 saturated carbocycles. The zero-order valence-electron chi connectivity index (χ0n) is 10.8. The van der Waals surface area contributed by atoms with Crippen LogP contribution in [0.2, 0.25) is 0 Å². The minimum Gasteiger partial charge on any atom is -0.463 e. The van der Waals surface area contributed by atoms with E-state index < -0.39 is 0 Å². The van der Waals surface area contributed by atoms with Crippen LogP contribution in [0.4, 0.5) is 0 Å². The van der Waals surface area contributed by atoms with E-state index in [9.17, 15) is 4.79 Å². The van der Waals surface area contributed by atoms with Crippen LogP contribution in [-0.2, 0) is 16.0 Å². The van der Waals surface area contributed by atoms with Gasteiger partial charge in [-0.3, -0.25) is 0 Å². The van der Waals surface area contributed by atoms with E-state index in [-0.39, 0.29) is 5.97 Å². The van der Waals surface area contributed by atoms with Gasteiger partial charge in [-0.05, 0) is 32.3 Å². The molecule has 92 valence electrons. The average molecular weight is 232 g/mol. The third-order valence-electron chi connectivity index (χ3n) is 2.80. The van der Waals surface area contributed by atoms with Crippen LogP contribution in [0.25, 0.3) is 0 Å². The SMILES string of the molecule is CCOC(=O)/C(C)=C(/CC)Cc1ccccc1. The normalized spacial score (nSPS) is 11.9. The van der Waals surface area contributed by atoms with Gasteiger partial charge < -0.3 is 4.74 Å². The third kappa shape index (κ3) is 4.06. The Labute approximate surface area is 103 Å². The fourth-order valence-corrected chi connectivity index (χ4v) is 1.75. The highest BCUT2D eigenvalue weighted by Gasteiger charge is 2.10. The maximum atomic E-state index is 11.7. The lowest BCUT2D eigenvalue weighted by Crippen LogP contribution is -2.08. The van der Waals surface area contributed by atoms with Crippen molar-refractivity contribution in [1.82, 2.24) is 0 Å². The van der Waals surface area contributed by atoms with Crippen molar-refractivity contribution < 1.29 is 9.53 Å². The number of esters is 1. The van der Waals surface area contributed by atoms with Crippen LogP contribution in [0, 0.1) is 0 Å². The first-order valence-corrected chi connectivity index (χ1v) is 6.08. The van der Waals surface area contributed by atoms with Gasteiger partial charge in [-0.1, -0.05) is 42.8 Å². The van der Waals surface area contributed by atoms with E-state index >= 15 is 0 Å². The lowest BCUT2D eigenvalue weighted by Gasteiger charge is -2.10. The molecule has 0 aliphatic heterocycles. The Morgan fingerprint density at radius 1 is 1.18 bits per heavy atom. The lowest BCUT2D eigenvalue weighted by atomic mass is 9.98. The fourth-order valence-electron chi connectivity index (χ4n) is 1.75. The molecule has 0 fully saturated rings. The van der Waals surface area contributed by atoms with Crippen molar-refractivity contribution in [2.75, 3.05) is 6.61 Å². The molecule has 1 aromatic rings. The van der Waals surface area contributed by atoms with E-state index in [0.717, 1.165) is 24.0 Å². The summed E-state index contributed by atoms with van der Waals surface area (Å²) in [5, 5.41) is 0. The van der Waals surface area contributed by atoms with Gasteiger partial charge in [0.1, 0.15) is 0 Å². The molecule has 0 saturated heterocycles. The maximum Gasteiger partial charge on any atom is 0.333 e. The minimum atomic E-state index is -0.194. The summed E-state index contributed by atoms with van der Waals surface area (Å²) in [5.41, 5.74) is 3.13. The van der Waals surface area contributed by atoms with Gasteiger partial charge in [-0.2, -0.15) is 0 Å². The molecule has 0 heterocycles. The van der Waals surface area contributed by atoms with Gasteiger partial charge in [-0.15, -0.1) is 0 Å². The highest BCUT2D eigenvalue weighted by Crippen LogP contribution is 2.16. The van der Waals surface area contributed by atoms with Gasteiger partial charge in [0, 0.05) is 5.57 Å². The number of carbonyl (C=O) groups is 1. The second kappa shape index (κ2) is 6.89. The Hall–Kier alpha value is -1.57. The average Bonchev–Trinajstić information content (AvgIpc) is 2.36. The number of allylic oxidation sites excluding steroid dienone is 1. The second-order valence-corrected chi connectivity index (χ2v) is 3.96. The molecule has 2 heteroatoms. The second-order valence-electron chi connectivity index (χ2n) is 3.96. The minimum absolute atomic E-state index is 0.194. The first-order chi connectivity index (χ1) is 8.19. The monoisotopic (exact) mass is 232 g/mol. The number of benzene rings is 1. The first-order valence-electron chi connectivity index (χ1n) is 6.08. The topological polar surface area (TPSA) is 26.3 Å². The summed E-state index contributed by atoms with van der Waals surface area (Å²) in [6, 6.07) is 10.2. The number of hydrogen-bond donors (Lipinski definition) is 0. The van der Waals surface area contributed by atoms with Gasteiger partial charge in [-0.25, -0.2) is 4.79 Å². The van der Waals surface area contributed by atoms with Crippen molar-refractivity contribution in [2.24, 2.45) is 0 Å². The largest absolute Gasteiger partial charge is 0.463 e. The Kier molecular flexibility index (Phi) is 5.47. The lowest BCUT2D eigenvalue weighted by molar-refractivity contribution is -0.138. The van der Waals surface area contributed by atoms with Crippen LogP contribution in [0.5, 0.6) is 0 Å². The third-order valence-corrected chi connectivity index (χ3v) is 2.80. The summed E-state index contributed by atoms with van der Waals surface area (Å²) < 4.78 is 5.03. The van der Waals surface area contributed by atoms with E-state index in [1.165, 1.54) is 5.56 Å². The highest BCUT2D eigenvalue weighted by molar-refractivity contribution is 5.88. The predicted octanol–water partition coefficient (Wildman–Crippen LogP) is 3.52. The standard InChI is InChI=1S/C15H20O2/c1-4-14(12(3)15(16)17-5-2)11-13-9-7-6-8-10-13/h6-10H,4-5,11H2,1-3H3/b14-12-. The summed E-state index contributed by atoms with van der Waals surface area (Å²) in [6.45, 7) is 6.17. The Bertz CT molecular complexity index is 391. The molecular formula is C15H20O2. The molecule has 0 N–H and O–H groups in total. The maximum absolute atomic E-state index is 11.7. The molecule has 17 heavy (non-hydrogen) atoms. The van der Waals surface area contributed by atoms with Crippen molar-refractivity contribution in [3.63, 3.8) is 0 Å². The van der Waals surface area contributed by atoms with Crippen molar-refractivity contribution in [3.05, 3.63) is 47.0 Å². The van der Waals surface area contributed by atoms with Gasteiger partial charge in [0.25, 0.3) is 0 Å². The van der Waals surface area contributed by atoms with Crippen LogP contribution in [0.1, 0.15) is 32.8 Å². The number of rotatable bonds is 5. The molecule has 0 radical (unpaired) electrons. The van der Waals surface area contributed by atoms with Gasteiger partial charge >= 0.3 is 5.97 Å². The summed E-state index contributed by atoms with van der Waals surface area (Å²) in [5.74, 6) is -0.194. The first kappa shape index (κ1) is 13.5. The molecule has 0 amide bonds. The summed E-state index contributed by atoms with van der Waals surface area (Å²) >= 11 is 0. The fraction of sp³-hybridized carbons (Fsp3) is 0.400. The van der Waals surface area contributed by atoms with Crippen LogP contribution in [0.3, 0.4) is 0 Å². The summed E-state index contributed by atoms with van der Waals surface area (Å²) in [4.78, 5) is 11.7. The van der Waals surface area contributed by atoms with E-state index in [4.69, 9.17) is 4.74 Å². The van der Waals surface area contributed by atoms with Crippen molar-refractivity contribution in [2.45, 2.75) is 33.6 Å². The number of hydrogen-bond acceptors (Lipinski definition) is 2. The molecule has 0 unspecified atom stereocenters. The van der Waals surface area contributed by atoms with Crippen molar-refractivity contribution in [3.8, 4) is 0 Å². The zero-order chi connectivity index (χ0) is 12.7. The number of carbonyl (C=O) groups excluding carboxylic acids is 1. The molecule has 0 spiro atoms. The summed E-state index contributed by atoms with van der Waals surface area (Å²) in [6.07, 6.45) is 1.70. The molecule has 0 bridgehead atoms. The van der Waals surface area contributed by atoms with Gasteiger partial charge in [0.15, 0.2) is 0 Å². The van der Waals surface area contributed by atoms with Crippen LogP contribution >= 0.6 is 0 Å². The highest BCUT2D eigenvalue weighted by atomic mass is 16.5. The van der Waals surface area contributed by atoms with Crippen LogP contribution in [-0.4, -0.2) is 12.6 Å². The quantitative estimate of drug-likeness (QED) is 0.573. The molecule has 2 nitrogen and oxygen atoms in total. The Balaban J connectivity index is 2.84. The van der Waals surface area contributed by atoms with Crippen molar-refractivity contribution >= 4 is 5.97 Å². The zero-order valence-corrected chi connectivity index (χ0v) is 10.8.